The molecule has 11 nitrogen and oxygen atoms in total. The van der Waals surface area contributed by atoms with Gasteiger partial charge in [0.2, 0.25) is 0 Å². The Morgan fingerprint density at radius 2 is 1.46 bits per heavy atom. The predicted octanol–water partition coefficient (Wildman–Crippen LogP) is 8.01. The number of furan rings is 1. The van der Waals surface area contributed by atoms with Gasteiger partial charge in [0, 0.05) is 53.7 Å². The molecule has 8 aromatic rings. The van der Waals surface area contributed by atoms with Crippen molar-refractivity contribution >= 4 is 83.2 Å². The van der Waals surface area contributed by atoms with Crippen molar-refractivity contribution in [3.05, 3.63) is 114 Å². The monoisotopic (exact) mass is 650 g/mol. The van der Waals surface area contributed by atoms with Crippen LogP contribution in [0.3, 0.4) is 0 Å². The number of nitrogens with one attached hydrogen (secondary N) is 5. The van der Waals surface area contributed by atoms with Crippen molar-refractivity contribution in [2.24, 2.45) is 0 Å². The molecule has 48 heavy (non-hydrogen) atoms. The van der Waals surface area contributed by atoms with Gasteiger partial charge in [-0.05, 0) is 84.2 Å². The molecular formula is C36H26N8O3S. The molecule has 0 saturated carbocycles. The molecule has 4 heterocycles. The first-order chi connectivity index (χ1) is 23.4. The molecule has 12 heteroatoms. The van der Waals surface area contributed by atoms with Crippen LogP contribution in [0.1, 0.15) is 11.1 Å². The number of rotatable bonds is 6. The number of thiophene rings is 1. The summed E-state index contributed by atoms with van der Waals surface area (Å²) in [5, 5.41) is 41.2. The third-order valence-corrected chi connectivity index (χ3v) is 9.33. The molecule has 0 atom stereocenters. The van der Waals surface area contributed by atoms with Crippen LogP contribution in [0.2, 0.25) is 0 Å². The van der Waals surface area contributed by atoms with Gasteiger partial charge in [-0.1, -0.05) is 24.3 Å². The van der Waals surface area contributed by atoms with Gasteiger partial charge in [-0.2, -0.15) is 0 Å². The van der Waals surface area contributed by atoms with E-state index in [1.165, 1.54) is 0 Å². The zero-order valence-electron chi connectivity index (χ0n) is 25.0. The van der Waals surface area contributed by atoms with E-state index >= 15 is 0 Å². The Balaban J connectivity index is 1.17. The molecule has 0 aliphatic carbocycles. The van der Waals surface area contributed by atoms with Gasteiger partial charge in [-0.15, -0.1) is 11.3 Å². The lowest BCUT2D eigenvalue weighted by Gasteiger charge is -2.12. The fourth-order valence-electron chi connectivity index (χ4n) is 5.91. The van der Waals surface area contributed by atoms with Gasteiger partial charge in [0.1, 0.15) is 34.7 Å². The Hall–Kier alpha value is -6.34. The third kappa shape index (κ3) is 5.11. The van der Waals surface area contributed by atoms with E-state index in [0.717, 1.165) is 53.5 Å². The highest BCUT2D eigenvalue weighted by Crippen LogP contribution is 2.40. The second-order valence-electron chi connectivity index (χ2n) is 11.2. The van der Waals surface area contributed by atoms with Crippen molar-refractivity contribution in [2.75, 3.05) is 11.1 Å². The third-order valence-electron chi connectivity index (χ3n) is 8.18. The number of nitrogen functional groups attached to an aromatic ring is 1. The lowest BCUT2D eigenvalue weighted by Crippen LogP contribution is -2.18. The van der Waals surface area contributed by atoms with Crippen LogP contribution in [0.5, 0.6) is 0 Å². The van der Waals surface area contributed by atoms with Gasteiger partial charge in [0.15, 0.2) is 0 Å². The number of hydroxylamine groups is 2. The number of aromatic nitrogens is 2. The lowest BCUT2D eigenvalue weighted by atomic mass is 10.0. The maximum Gasteiger partial charge on any atom is 0.149 e. The zero-order chi connectivity index (χ0) is 32.9. The number of amidine groups is 2. The first kappa shape index (κ1) is 29.1. The number of nitrogens with two attached hydrogens (primary N) is 1. The predicted molar refractivity (Wildman–Crippen MR) is 191 cm³/mol. The average molecular weight is 651 g/mol. The summed E-state index contributed by atoms with van der Waals surface area (Å²) in [5.41, 5.74) is 15.9. The van der Waals surface area contributed by atoms with Gasteiger partial charge in [0.25, 0.3) is 0 Å². The molecule has 4 aromatic heterocycles. The normalized spacial score (nSPS) is 11.4. The van der Waals surface area contributed by atoms with Crippen molar-refractivity contribution in [1.82, 2.24) is 20.9 Å². The van der Waals surface area contributed by atoms with Crippen molar-refractivity contribution < 1.29 is 14.8 Å². The molecule has 0 aliphatic rings. The van der Waals surface area contributed by atoms with Crippen LogP contribution in [-0.2, 0) is 0 Å². The van der Waals surface area contributed by atoms with Gasteiger partial charge in [-0.3, -0.25) is 32.2 Å². The van der Waals surface area contributed by atoms with Crippen molar-refractivity contribution in [2.45, 2.75) is 0 Å². The number of fused-ring (bicyclic) bond motifs is 4. The van der Waals surface area contributed by atoms with Crippen molar-refractivity contribution in [3.63, 3.8) is 0 Å². The van der Waals surface area contributed by atoms with Crippen LogP contribution in [0.25, 0.3) is 64.6 Å². The summed E-state index contributed by atoms with van der Waals surface area (Å²) in [4.78, 5) is 10.6. The summed E-state index contributed by atoms with van der Waals surface area (Å²) in [6, 6.07) is 32.5. The molecule has 0 unspecified atom stereocenters. The van der Waals surface area contributed by atoms with E-state index < -0.39 is 0 Å². The van der Waals surface area contributed by atoms with E-state index in [0.29, 0.717) is 39.6 Å². The van der Waals surface area contributed by atoms with Gasteiger partial charge in [0.05, 0.1) is 11.0 Å². The molecule has 234 valence electrons. The summed E-state index contributed by atoms with van der Waals surface area (Å²) in [5.74, 6) is 1.43. The first-order valence-corrected chi connectivity index (χ1v) is 15.6. The Morgan fingerprint density at radius 1 is 0.708 bits per heavy atom. The Morgan fingerprint density at radius 3 is 2.27 bits per heavy atom. The standard InChI is InChI=1S/C36H26N8O3S/c37-33-16-25(30-13-20-11-18(35(38)43-45)5-9-29(20)47-30)24-8-7-22(15-28(24)41-33)40-34-17-26(23-3-1-2-4-27(23)42-34)32-14-21-12-19(36(39)44-46)6-10-31(21)48-32/h1-17,45-46H,(H2,37,41)(H2,38,43)(H2,39,44)(H,40,42). The minimum Gasteiger partial charge on any atom is -0.456 e. The second kappa shape index (κ2) is 11.5. The molecule has 9 N–H and O–H groups in total. The summed E-state index contributed by atoms with van der Waals surface area (Å²) in [7, 11) is 0. The highest BCUT2D eigenvalue weighted by molar-refractivity contribution is 7.22. The number of para-hydroxylation sites is 1. The lowest BCUT2D eigenvalue weighted by molar-refractivity contribution is 0.234. The fourth-order valence-corrected chi connectivity index (χ4v) is 6.99. The largest absolute Gasteiger partial charge is 0.456 e. The first-order valence-electron chi connectivity index (χ1n) is 14.8. The Labute approximate surface area is 276 Å². The number of hydrogen-bond donors (Lipinski definition) is 8. The molecule has 0 radical (unpaired) electrons. The molecule has 8 rings (SSSR count). The van der Waals surface area contributed by atoms with Crippen LogP contribution in [0, 0.1) is 10.8 Å². The molecule has 0 bridgehead atoms. The second-order valence-corrected chi connectivity index (χ2v) is 12.3. The maximum absolute atomic E-state index is 9.20. The molecule has 0 spiro atoms. The number of benzene rings is 4. The summed E-state index contributed by atoms with van der Waals surface area (Å²) in [6.45, 7) is 0. The van der Waals surface area contributed by atoms with E-state index in [-0.39, 0.29) is 11.7 Å². The molecular weight excluding hydrogens is 625 g/mol. The fraction of sp³-hybridized carbons (Fsp3) is 0. The van der Waals surface area contributed by atoms with Crippen molar-refractivity contribution in [3.8, 4) is 21.8 Å². The van der Waals surface area contributed by atoms with Crippen molar-refractivity contribution in [1.29, 1.82) is 10.8 Å². The van der Waals surface area contributed by atoms with Gasteiger partial charge >= 0.3 is 0 Å². The quantitative estimate of drug-likeness (QED) is 0.0500. The number of pyridine rings is 2. The summed E-state index contributed by atoms with van der Waals surface area (Å²) in [6.07, 6.45) is 0. The maximum atomic E-state index is 9.20. The molecule has 0 aliphatic heterocycles. The molecule has 0 saturated heterocycles. The minimum absolute atomic E-state index is 0.0606. The van der Waals surface area contributed by atoms with Gasteiger partial charge < -0.3 is 15.5 Å². The van der Waals surface area contributed by atoms with E-state index in [4.69, 9.17) is 31.2 Å². The summed E-state index contributed by atoms with van der Waals surface area (Å²) >= 11 is 1.65. The van der Waals surface area contributed by atoms with E-state index in [1.807, 2.05) is 77.7 Å². The summed E-state index contributed by atoms with van der Waals surface area (Å²) < 4.78 is 7.23. The number of nitrogens with zero attached hydrogens (tertiary/aromatic N) is 2. The average Bonchev–Trinajstić information content (AvgIpc) is 3.74. The Bertz CT molecular complexity index is 2590. The smallest absolute Gasteiger partial charge is 0.149 e. The molecule has 0 fully saturated rings. The minimum atomic E-state index is -0.108. The van der Waals surface area contributed by atoms with Crippen LogP contribution in [0.15, 0.2) is 108 Å². The van der Waals surface area contributed by atoms with E-state index in [9.17, 15) is 5.21 Å². The van der Waals surface area contributed by atoms with Gasteiger partial charge in [-0.25, -0.2) is 9.97 Å². The van der Waals surface area contributed by atoms with Crippen LogP contribution in [-0.4, -0.2) is 32.1 Å². The number of hydrogen-bond acceptors (Lipinski definition) is 10. The number of anilines is 3. The SMILES string of the molecule is N=C(NO)c1ccc2oc(-c3cc(N)nc4cc(Nc5cc(-c6cc7cc(C(=N)NO)ccc7s6)c6ccccc6n5)ccc34)cc2c1. The zero-order valence-corrected chi connectivity index (χ0v) is 25.8. The van der Waals surface area contributed by atoms with Crippen LogP contribution < -0.4 is 22.0 Å². The topological polar surface area (TPSA) is 189 Å². The molecule has 0 amide bonds. The van der Waals surface area contributed by atoms with E-state index in [2.05, 4.69) is 22.4 Å². The van der Waals surface area contributed by atoms with E-state index in [1.54, 1.807) is 35.6 Å². The highest BCUT2D eigenvalue weighted by Gasteiger charge is 2.16. The van der Waals surface area contributed by atoms with Crippen LogP contribution >= 0.6 is 11.3 Å². The molecule has 4 aromatic carbocycles. The highest BCUT2D eigenvalue weighted by atomic mass is 32.1. The Kier molecular flexibility index (Phi) is 6.95. The van der Waals surface area contributed by atoms with Crippen LogP contribution in [0.4, 0.5) is 17.3 Å².